The van der Waals surface area contributed by atoms with E-state index in [1.54, 1.807) is 24.1 Å². The molecule has 0 radical (unpaired) electrons. The van der Waals surface area contributed by atoms with Crippen LogP contribution in [0.1, 0.15) is 29.6 Å². The largest absolute Gasteiger partial charge is 0.494 e. The maximum Gasteiger partial charge on any atom is 0.253 e. The van der Waals surface area contributed by atoms with Crippen molar-refractivity contribution in [1.29, 1.82) is 0 Å². The Balaban J connectivity index is 1.52. The van der Waals surface area contributed by atoms with Crippen molar-refractivity contribution < 1.29 is 17.9 Å². The van der Waals surface area contributed by atoms with Crippen molar-refractivity contribution >= 4 is 15.9 Å². The molecule has 1 aliphatic heterocycles. The lowest BCUT2D eigenvalue weighted by Gasteiger charge is -2.18. The summed E-state index contributed by atoms with van der Waals surface area (Å²) in [6, 6.07) is 15.8. The minimum absolute atomic E-state index is 0.134. The number of hydrogen-bond donors (Lipinski definition) is 0. The van der Waals surface area contributed by atoms with Crippen molar-refractivity contribution in [3.63, 3.8) is 0 Å². The Kier molecular flexibility index (Phi) is 6.70. The van der Waals surface area contributed by atoms with E-state index in [1.165, 1.54) is 16.4 Å². The van der Waals surface area contributed by atoms with E-state index in [-0.39, 0.29) is 10.8 Å². The van der Waals surface area contributed by atoms with E-state index in [0.29, 0.717) is 38.2 Å². The molecule has 2 aromatic carbocycles. The summed E-state index contributed by atoms with van der Waals surface area (Å²) < 4.78 is 32.3. The number of para-hydroxylation sites is 1. The summed E-state index contributed by atoms with van der Waals surface area (Å²) in [5, 5.41) is 0. The molecule has 0 bridgehead atoms. The Morgan fingerprint density at radius 2 is 1.68 bits per heavy atom. The van der Waals surface area contributed by atoms with Gasteiger partial charge in [-0.25, -0.2) is 8.42 Å². The van der Waals surface area contributed by atoms with Crippen molar-refractivity contribution in [1.82, 2.24) is 9.21 Å². The van der Waals surface area contributed by atoms with Gasteiger partial charge in [-0.1, -0.05) is 18.2 Å². The summed E-state index contributed by atoms with van der Waals surface area (Å²) in [6.07, 6.45) is 2.50. The topological polar surface area (TPSA) is 66.9 Å². The summed E-state index contributed by atoms with van der Waals surface area (Å²) in [5.74, 6) is 0.677. The molecule has 1 aliphatic rings. The van der Waals surface area contributed by atoms with Gasteiger partial charge in [0.2, 0.25) is 10.0 Å². The van der Waals surface area contributed by atoms with E-state index in [4.69, 9.17) is 4.74 Å². The lowest BCUT2D eigenvalue weighted by molar-refractivity contribution is 0.0787. The van der Waals surface area contributed by atoms with Gasteiger partial charge in [-0.2, -0.15) is 4.31 Å². The summed E-state index contributed by atoms with van der Waals surface area (Å²) >= 11 is 0. The third kappa shape index (κ3) is 4.91. The molecule has 1 saturated heterocycles. The Hall–Kier alpha value is -2.38. The second-order valence-corrected chi connectivity index (χ2v) is 8.82. The number of nitrogens with zero attached hydrogens (tertiary/aromatic N) is 2. The van der Waals surface area contributed by atoms with Crippen molar-refractivity contribution in [2.75, 3.05) is 33.3 Å². The molecule has 0 aromatic heterocycles. The third-order valence-corrected chi connectivity index (χ3v) is 6.71. The fourth-order valence-corrected chi connectivity index (χ4v) is 4.69. The van der Waals surface area contributed by atoms with Crippen LogP contribution in [-0.2, 0) is 10.0 Å². The zero-order valence-electron chi connectivity index (χ0n) is 16.1. The normalized spacial score (nSPS) is 14.8. The van der Waals surface area contributed by atoms with Crippen molar-refractivity contribution in [3.05, 3.63) is 60.2 Å². The fourth-order valence-electron chi connectivity index (χ4n) is 3.18. The highest BCUT2D eigenvalue weighted by Crippen LogP contribution is 2.21. The van der Waals surface area contributed by atoms with E-state index in [0.717, 1.165) is 18.6 Å². The van der Waals surface area contributed by atoms with Crippen LogP contribution in [0, 0.1) is 0 Å². The molecule has 2 aromatic rings. The van der Waals surface area contributed by atoms with Crippen LogP contribution >= 0.6 is 0 Å². The van der Waals surface area contributed by atoms with Gasteiger partial charge < -0.3 is 9.64 Å². The van der Waals surface area contributed by atoms with Gasteiger partial charge in [0.25, 0.3) is 5.91 Å². The lowest BCUT2D eigenvalue weighted by atomic mass is 10.2. The van der Waals surface area contributed by atoms with Gasteiger partial charge in [0.05, 0.1) is 11.5 Å². The second kappa shape index (κ2) is 9.21. The molecule has 1 fully saturated rings. The Labute approximate surface area is 166 Å². The number of benzene rings is 2. The quantitative estimate of drug-likeness (QED) is 0.637. The molecular weight excluding hydrogens is 376 g/mol. The summed E-state index contributed by atoms with van der Waals surface area (Å²) in [5.41, 5.74) is 0.479. The number of rotatable bonds is 8. The van der Waals surface area contributed by atoms with Gasteiger partial charge in [-0.05, 0) is 55.7 Å². The third-order valence-electron chi connectivity index (χ3n) is 4.80. The van der Waals surface area contributed by atoms with Crippen molar-refractivity contribution in [3.8, 4) is 5.75 Å². The zero-order chi connectivity index (χ0) is 20.0. The average Bonchev–Trinajstić information content (AvgIpc) is 3.27. The van der Waals surface area contributed by atoms with Crippen LogP contribution in [0.4, 0.5) is 0 Å². The monoisotopic (exact) mass is 402 g/mol. The highest BCUT2D eigenvalue weighted by molar-refractivity contribution is 7.89. The van der Waals surface area contributed by atoms with E-state index in [9.17, 15) is 13.2 Å². The first-order valence-corrected chi connectivity index (χ1v) is 11.0. The Morgan fingerprint density at radius 3 is 2.32 bits per heavy atom. The lowest BCUT2D eigenvalue weighted by Crippen LogP contribution is -2.29. The maximum absolute atomic E-state index is 12.6. The summed E-state index contributed by atoms with van der Waals surface area (Å²) in [7, 11) is -1.72. The minimum atomic E-state index is -3.45. The number of carbonyl (C=O) groups excluding carboxylic acids is 1. The molecule has 6 nitrogen and oxygen atoms in total. The molecule has 0 unspecified atom stereocenters. The molecule has 0 aliphatic carbocycles. The van der Waals surface area contributed by atoms with Crippen LogP contribution in [0.15, 0.2) is 59.5 Å². The number of amides is 1. The predicted octanol–water partition coefficient (Wildman–Crippen LogP) is 3.01. The van der Waals surface area contributed by atoms with Gasteiger partial charge >= 0.3 is 0 Å². The van der Waals surface area contributed by atoms with E-state index >= 15 is 0 Å². The van der Waals surface area contributed by atoms with Crippen LogP contribution in [0.5, 0.6) is 5.75 Å². The highest BCUT2D eigenvalue weighted by Gasteiger charge is 2.27. The van der Waals surface area contributed by atoms with Gasteiger partial charge in [-0.3, -0.25) is 4.79 Å². The molecule has 1 heterocycles. The van der Waals surface area contributed by atoms with Crippen LogP contribution in [0.3, 0.4) is 0 Å². The van der Waals surface area contributed by atoms with Gasteiger partial charge in [0, 0.05) is 32.2 Å². The number of sulfonamides is 1. The first-order chi connectivity index (χ1) is 13.5. The van der Waals surface area contributed by atoms with Crippen LogP contribution in [-0.4, -0.2) is 56.8 Å². The Morgan fingerprint density at radius 1 is 1.04 bits per heavy atom. The zero-order valence-corrected chi connectivity index (χ0v) is 16.9. The standard InChI is InChI=1S/C21H26N2O4S/c1-22(14-7-17-27-19-8-3-2-4-9-19)21(24)18-10-12-20(13-11-18)28(25,26)23-15-5-6-16-23/h2-4,8-13H,5-7,14-17H2,1H3. The average molecular weight is 403 g/mol. The highest BCUT2D eigenvalue weighted by atomic mass is 32.2. The predicted molar refractivity (Wildman–Crippen MR) is 108 cm³/mol. The molecule has 0 N–H and O–H groups in total. The molecule has 7 heteroatoms. The maximum atomic E-state index is 12.6. The second-order valence-electron chi connectivity index (χ2n) is 6.88. The first-order valence-electron chi connectivity index (χ1n) is 9.52. The molecule has 1 amide bonds. The van der Waals surface area contributed by atoms with E-state index < -0.39 is 10.0 Å². The Bertz CT molecular complexity index is 876. The molecule has 0 saturated carbocycles. The molecule has 0 atom stereocenters. The molecule has 28 heavy (non-hydrogen) atoms. The first kappa shape index (κ1) is 20.4. The van der Waals surface area contributed by atoms with Gasteiger partial charge in [-0.15, -0.1) is 0 Å². The summed E-state index contributed by atoms with van der Waals surface area (Å²) in [6.45, 7) is 2.21. The van der Waals surface area contributed by atoms with Crippen molar-refractivity contribution in [2.24, 2.45) is 0 Å². The molecular formula is C21H26N2O4S. The summed E-state index contributed by atoms with van der Waals surface area (Å²) in [4.78, 5) is 14.4. The van der Waals surface area contributed by atoms with Crippen molar-refractivity contribution in [2.45, 2.75) is 24.2 Å². The van der Waals surface area contributed by atoms with Gasteiger partial charge in [0.1, 0.15) is 5.75 Å². The van der Waals surface area contributed by atoms with Crippen LogP contribution in [0.2, 0.25) is 0 Å². The van der Waals surface area contributed by atoms with Crippen LogP contribution in [0.25, 0.3) is 0 Å². The number of hydrogen-bond acceptors (Lipinski definition) is 4. The van der Waals surface area contributed by atoms with E-state index in [2.05, 4.69) is 0 Å². The number of carbonyl (C=O) groups is 1. The molecule has 0 spiro atoms. The fraction of sp³-hybridized carbons (Fsp3) is 0.381. The number of ether oxygens (including phenoxy) is 1. The van der Waals surface area contributed by atoms with E-state index in [1.807, 2.05) is 30.3 Å². The SMILES string of the molecule is CN(CCCOc1ccccc1)C(=O)c1ccc(S(=O)(=O)N2CCCC2)cc1. The molecule has 150 valence electrons. The van der Waals surface area contributed by atoms with Crippen LogP contribution < -0.4 is 4.74 Å². The van der Waals surface area contributed by atoms with Gasteiger partial charge in [0.15, 0.2) is 0 Å². The minimum Gasteiger partial charge on any atom is -0.494 e. The smallest absolute Gasteiger partial charge is 0.253 e. The molecule has 3 rings (SSSR count).